The maximum absolute atomic E-state index is 8.66. The van der Waals surface area contributed by atoms with Crippen LogP contribution in [0.5, 0.6) is 5.88 Å². The Morgan fingerprint density at radius 3 is 2.78 bits per heavy atom. The minimum absolute atomic E-state index is 0.395. The van der Waals surface area contributed by atoms with Crippen molar-refractivity contribution in [1.29, 1.82) is 5.26 Å². The molecule has 0 aromatic carbocycles. The zero-order valence-corrected chi connectivity index (χ0v) is 10.7. The van der Waals surface area contributed by atoms with Crippen LogP contribution >= 0.6 is 0 Å². The molecule has 18 heavy (non-hydrogen) atoms. The molecule has 1 aromatic rings. The minimum atomic E-state index is 0.395. The van der Waals surface area contributed by atoms with Crippen LogP contribution in [0.3, 0.4) is 0 Å². The molecule has 0 bridgehead atoms. The lowest BCUT2D eigenvalue weighted by molar-refractivity contribution is 0.205. The van der Waals surface area contributed by atoms with E-state index in [2.05, 4.69) is 11.1 Å². The molecule has 6 nitrogen and oxygen atoms in total. The Labute approximate surface area is 107 Å². The van der Waals surface area contributed by atoms with Gasteiger partial charge in [0.1, 0.15) is 5.82 Å². The van der Waals surface area contributed by atoms with Crippen LogP contribution in [0.25, 0.3) is 0 Å². The molecule has 1 heterocycles. The number of pyridine rings is 1. The van der Waals surface area contributed by atoms with Crippen molar-refractivity contribution >= 4 is 11.5 Å². The van der Waals surface area contributed by atoms with Crippen LogP contribution in [-0.4, -0.2) is 38.9 Å². The molecular weight excluding hydrogens is 232 g/mol. The summed E-state index contributed by atoms with van der Waals surface area (Å²) in [6.45, 7) is 1.83. The number of nitrogen functional groups attached to an aromatic ring is 1. The van der Waals surface area contributed by atoms with Gasteiger partial charge < -0.3 is 20.1 Å². The summed E-state index contributed by atoms with van der Waals surface area (Å²) in [6.07, 6.45) is 0.429. The topological polar surface area (TPSA) is 84.4 Å². The summed E-state index contributed by atoms with van der Waals surface area (Å²) in [4.78, 5) is 6.28. The van der Waals surface area contributed by atoms with Gasteiger partial charge in [0.25, 0.3) is 0 Å². The zero-order chi connectivity index (χ0) is 13.4. The third-order valence-corrected chi connectivity index (χ3v) is 2.45. The van der Waals surface area contributed by atoms with Gasteiger partial charge >= 0.3 is 0 Å². The van der Waals surface area contributed by atoms with Crippen LogP contribution in [0.1, 0.15) is 6.42 Å². The van der Waals surface area contributed by atoms with Crippen molar-refractivity contribution in [3.05, 3.63) is 12.1 Å². The van der Waals surface area contributed by atoms with Crippen molar-refractivity contribution in [3.63, 3.8) is 0 Å². The molecule has 0 fully saturated rings. The molecule has 0 saturated carbocycles. The van der Waals surface area contributed by atoms with Crippen molar-refractivity contribution in [3.8, 4) is 11.9 Å². The smallest absolute Gasteiger partial charge is 0.238 e. The molecule has 0 amide bonds. The molecule has 2 N–H and O–H groups in total. The Hall–Kier alpha value is -2.00. The lowest BCUT2D eigenvalue weighted by Crippen LogP contribution is -2.29. The highest BCUT2D eigenvalue weighted by atomic mass is 16.5. The van der Waals surface area contributed by atoms with Gasteiger partial charge in [-0.3, -0.25) is 0 Å². The Bertz CT molecular complexity index is 417. The van der Waals surface area contributed by atoms with Crippen molar-refractivity contribution in [2.24, 2.45) is 0 Å². The van der Waals surface area contributed by atoms with E-state index in [9.17, 15) is 0 Å². The van der Waals surface area contributed by atoms with E-state index in [1.807, 2.05) is 11.0 Å². The average molecular weight is 250 g/mol. The van der Waals surface area contributed by atoms with Crippen LogP contribution in [0, 0.1) is 11.3 Å². The molecular formula is C12H18N4O2. The van der Waals surface area contributed by atoms with E-state index in [1.165, 1.54) is 7.11 Å². The normalized spacial score (nSPS) is 9.83. The molecule has 0 saturated heterocycles. The van der Waals surface area contributed by atoms with Crippen molar-refractivity contribution in [2.45, 2.75) is 6.42 Å². The number of aromatic nitrogens is 1. The maximum atomic E-state index is 8.66. The van der Waals surface area contributed by atoms with Crippen LogP contribution in [-0.2, 0) is 4.74 Å². The number of anilines is 2. The summed E-state index contributed by atoms with van der Waals surface area (Å²) in [5.41, 5.74) is 6.21. The number of nitrogens with two attached hydrogens (primary N) is 1. The van der Waals surface area contributed by atoms with Crippen molar-refractivity contribution in [1.82, 2.24) is 4.98 Å². The Morgan fingerprint density at radius 1 is 1.39 bits per heavy atom. The standard InChI is InChI=1S/C12H18N4O2/c1-17-9-8-16(7-3-6-13)11-5-4-10(14)12(15-11)18-2/h4-5H,3,7-9,14H2,1-2H3. The van der Waals surface area contributed by atoms with Crippen molar-refractivity contribution in [2.75, 3.05) is 44.5 Å². The fraction of sp³-hybridized carbons (Fsp3) is 0.500. The first-order valence-corrected chi connectivity index (χ1v) is 5.64. The number of methoxy groups -OCH3 is 2. The van der Waals surface area contributed by atoms with Gasteiger partial charge in [0.15, 0.2) is 0 Å². The fourth-order valence-electron chi connectivity index (χ4n) is 1.51. The highest BCUT2D eigenvalue weighted by molar-refractivity contribution is 5.54. The van der Waals surface area contributed by atoms with E-state index in [0.29, 0.717) is 37.7 Å². The Morgan fingerprint density at radius 2 is 2.17 bits per heavy atom. The van der Waals surface area contributed by atoms with Crippen LogP contribution in [0.2, 0.25) is 0 Å². The first-order valence-electron chi connectivity index (χ1n) is 5.64. The molecule has 0 aliphatic rings. The summed E-state index contributed by atoms with van der Waals surface area (Å²) >= 11 is 0. The first kappa shape index (κ1) is 14.1. The molecule has 0 aliphatic carbocycles. The molecule has 6 heteroatoms. The zero-order valence-electron chi connectivity index (χ0n) is 10.7. The maximum Gasteiger partial charge on any atom is 0.238 e. The molecule has 0 aliphatic heterocycles. The molecule has 0 radical (unpaired) electrons. The summed E-state index contributed by atoms with van der Waals surface area (Å²) in [5.74, 6) is 1.13. The second kappa shape index (κ2) is 7.35. The number of hydrogen-bond donors (Lipinski definition) is 1. The summed E-state index contributed by atoms with van der Waals surface area (Å²) in [7, 11) is 3.16. The summed E-state index contributed by atoms with van der Waals surface area (Å²) in [5, 5.41) is 8.66. The SMILES string of the molecule is COCCN(CCC#N)c1ccc(N)c(OC)n1. The van der Waals surface area contributed by atoms with E-state index in [1.54, 1.807) is 13.2 Å². The lowest BCUT2D eigenvalue weighted by Gasteiger charge is -2.22. The van der Waals surface area contributed by atoms with Crippen LogP contribution in [0.15, 0.2) is 12.1 Å². The second-order valence-electron chi connectivity index (χ2n) is 3.66. The van der Waals surface area contributed by atoms with E-state index < -0.39 is 0 Å². The Kier molecular flexibility index (Phi) is 5.74. The predicted molar refractivity (Wildman–Crippen MR) is 69.5 cm³/mol. The number of nitrogens with zero attached hydrogens (tertiary/aromatic N) is 3. The first-order chi connectivity index (χ1) is 8.72. The van der Waals surface area contributed by atoms with Gasteiger partial charge in [-0.25, -0.2) is 0 Å². The summed E-state index contributed by atoms with van der Waals surface area (Å²) < 4.78 is 10.1. The monoisotopic (exact) mass is 250 g/mol. The molecule has 0 atom stereocenters. The van der Waals surface area contributed by atoms with Crippen LogP contribution < -0.4 is 15.4 Å². The number of hydrogen-bond acceptors (Lipinski definition) is 6. The number of rotatable bonds is 7. The van der Waals surface area contributed by atoms with E-state index >= 15 is 0 Å². The highest BCUT2D eigenvalue weighted by Crippen LogP contribution is 2.22. The van der Waals surface area contributed by atoms with Gasteiger partial charge in [-0.1, -0.05) is 0 Å². The number of ether oxygens (including phenoxy) is 2. The minimum Gasteiger partial charge on any atom is -0.479 e. The molecule has 1 rings (SSSR count). The van der Waals surface area contributed by atoms with Gasteiger partial charge in [-0.15, -0.1) is 0 Å². The quantitative estimate of drug-likeness (QED) is 0.778. The third-order valence-electron chi connectivity index (χ3n) is 2.45. The van der Waals surface area contributed by atoms with Gasteiger partial charge in [0.05, 0.1) is 31.9 Å². The highest BCUT2D eigenvalue weighted by Gasteiger charge is 2.10. The predicted octanol–water partition coefficient (Wildman–Crippen LogP) is 1.04. The van der Waals surface area contributed by atoms with Gasteiger partial charge in [0.2, 0.25) is 5.88 Å². The average Bonchev–Trinajstić information content (AvgIpc) is 2.40. The van der Waals surface area contributed by atoms with E-state index in [4.69, 9.17) is 20.5 Å². The second-order valence-corrected chi connectivity index (χ2v) is 3.66. The lowest BCUT2D eigenvalue weighted by atomic mass is 10.3. The number of nitriles is 1. The van der Waals surface area contributed by atoms with Crippen LogP contribution in [0.4, 0.5) is 11.5 Å². The molecule has 0 spiro atoms. The van der Waals surface area contributed by atoms with Gasteiger partial charge in [-0.05, 0) is 12.1 Å². The largest absolute Gasteiger partial charge is 0.479 e. The van der Waals surface area contributed by atoms with E-state index in [-0.39, 0.29) is 0 Å². The molecule has 1 aromatic heterocycles. The molecule has 98 valence electrons. The Balaban J connectivity index is 2.86. The molecule has 0 unspecified atom stereocenters. The van der Waals surface area contributed by atoms with Gasteiger partial charge in [0, 0.05) is 20.2 Å². The van der Waals surface area contributed by atoms with E-state index in [0.717, 1.165) is 5.82 Å². The third kappa shape index (κ3) is 3.79. The fourth-order valence-corrected chi connectivity index (χ4v) is 1.51. The van der Waals surface area contributed by atoms with Gasteiger partial charge in [-0.2, -0.15) is 10.2 Å². The van der Waals surface area contributed by atoms with Crippen molar-refractivity contribution < 1.29 is 9.47 Å². The summed E-state index contributed by atoms with van der Waals surface area (Å²) in [6, 6.07) is 5.67.